The van der Waals surface area contributed by atoms with E-state index in [-0.39, 0.29) is 5.91 Å². The van der Waals surface area contributed by atoms with E-state index in [9.17, 15) is 4.79 Å². The number of rotatable bonds is 5. The van der Waals surface area contributed by atoms with Gasteiger partial charge in [0.15, 0.2) is 0 Å². The van der Waals surface area contributed by atoms with Gasteiger partial charge in [-0.3, -0.25) is 4.79 Å². The molecule has 5 heteroatoms. The second-order valence-electron chi connectivity index (χ2n) is 4.61. The molecule has 2 rings (SSSR count). The van der Waals surface area contributed by atoms with Crippen LogP contribution in [0.5, 0.6) is 0 Å². The Morgan fingerprint density at radius 1 is 1.56 bits per heavy atom. The lowest BCUT2D eigenvalue weighted by Gasteiger charge is -2.19. The molecule has 0 aromatic heterocycles. The quantitative estimate of drug-likeness (QED) is 0.779. The third-order valence-corrected chi connectivity index (χ3v) is 3.13. The largest absolute Gasteiger partial charge is 0.389 e. The number of nitrogens with one attached hydrogen (secondary N) is 1. The maximum Gasteiger partial charge on any atom is 0.239 e. The van der Waals surface area contributed by atoms with E-state index in [1.165, 1.54) is 0 Å². The first kappa shape index (κ1) is 12.8. The van der Waals surface area contributed by atoms with Gasteiger partial charge in [0, 0.05) is 24.3 Å². The molecule has 1 saturated carbocycles. The number of hydrogen-bond donors (Lipinski definition) is 2. The van der Waals surface area contributed by atoms with Crippen molar-refractivity contribution in [1.82, 2.24) is 5.32 Å². The van der Waals surface area contributed by atoms with Crippen LogP contribution in [-0.4, -0.2) is 30.5 Å². The molecule has 0 saturated heterocycles. The maximum absolute atomic E-state index is 11.7. The molecule has 1 amide bonds. The Hall–Kier alpha value is -1.62. The highest BCUT2D eigenvalue weighted by molar-refractivity contribution is 7.80. The van der Waals surface area contributed by atoms with Gasteiger partial charge < -0.3 is 16.0 Å². The predicted octanol–water partition coefficient (Wildman–Crippen LogP) is 1.04. The van der Waals surface area contributed by atoms with Crippen LogP contribution in [0.25, 0.3) is 0 Å². The summed E-state index contributed by atoms with van der Waals surface area (Å²) in [6, 6.07) is 7.98. The van der Waals surface area contributed by atoms with Crippen molar-refractivity contribution < 1.29 is 4.79 Å². The number of hydrogen-bond acceptors (Lipinski definition) is 3. The Morgan fingerprint density at radius 3 is 2.89 bits per heavy atom. The monoisotopic (exact) mass is 263 g/mol. The third kappa shape index (κ3) is 3.43. The number of carbonyl (C=O) groups excluding carboxylic acids is 1. The van der Waals surface area contributed by atoms with E-state index >= 15 is 0 Å². The van der Waals surface area contributed by atoms with Crippen LogP contribution in [0.1, 0.15) is 18.4 Å². The first-order chi connectivity index (χ1) is 8.56. The molecule has 1 aliphatic rings. The van der Waals surface area contributed by atoms with Crippen LogP contribution in [0.3, 0.4) is 0 Å². The summed E-state index contributed by atoms with van der Waals surface area (Å²) in [5.74, 6) is 0.0562. The molecule has 0 atom stereocenters. The number of nitrogens with two attached hydrogens (primary N) is 1. The van der Waals surface area contributed by atoms with Crippen molar-refractivity contribution in [3.8, 4) is 0 Å². The number of carbonyl (C=O) groups is 1. The molecule has 0 unspecified atom stereocenters. The molecular formula is C13H17N3OS. The fraction of sp³-hybridized carbons (Fsp3) is 0.385. The summed E-state index contributed by atoms with van der Waals surface area (Å²) >= 11 is 4.94. The van der Waals surface area contributed by atoms with Gasteiger partial charge >= 0.3 is 0 Å². The van der Waals surface area contributed by atoms with E-state index in [0.29, 0.717) is 17.6 Å². The van der Waals surface area contributed by atoms with Crippen molar-refractivity contribution in [2.75, 3.05) is 18.5 Å². The molecule has 1 aromatic rings. The van der Waals surface area contributed by atoms with Gasteiger partial charge in [-0.15, -0.1) is 0 Å². The Morgan fingerprint density at radius 2 is 2.28 bits per heavy atom. The highest BCUT2D eigenvalue weighted by Gasteiger charge is 2.23. The van der Waals surface area contributed by atoms with E-state index in [0.717, 1.165) is 24.1 Å². The number of nitrogens with zero attached hydrogens (tertiary/aromatic N) is 1. The number of amides is 1. The highest BCUT2D eigenvalue weighted by Crippen LogP contribution is 2.19. The van der Waals surface area contributed by atoms with Gasteiger partial charge in [-0.05, 0) is 25.0 Å². The van der Waals surface area contributed by atoms with Crippen LogP contribution in [0.2, 0.25) is 0 Å². The highest BCUT2D eigenvalue weighted by atomic mass is 32.1. The SMILES string of the molecule is CN(CC(=O)NC1CC1)c1cccc(C(N)=S)c1. The maximum atomic E-state index is 11.7. The van der Waals surface area contributed by atoms with E-state index in [1.54, 1.807) is 0 Å². The molecule has 1 aliphatic carbocycles. The molecule has 0 radical (unpaired) electrons. The number of benzene rings is 1. The summed E-state index contributed by atoms with van der Waals surface area (Å²) in [7, 11) is 1.88. The van der Waals surface area contributed by atoms with Gasteiger partial charge in [-0.1, -0.05) is 24.4 Å². The van der Waals surface area contributed by atoms with Crippen molar-refractivity contribution >= 4 is 28.8 Å². The summed E-state index contributed by atoms with van der Waals surface area (Å²) in [4.78, 5) is 13.9. The lowest BCUT2D eigenvalue weighted by atomic mass is 10.2. The minimum absolute atomic E-state index is 0.0562. The van der Waals surface area contributed by atoms with Crippen molar-refractivity contribution in [3.63, 3.8) is 0 Å². The lowest BCUT2D eigenvalue weighted by molar-refractivity contribution is -0.119. The van der Waals surface area contributed by atoms with Gasteiger partial charge in [0.05, 0.1) is 6.54 Å². The number of anilines is 1. The summed E-state index contributed by atoms with van der Waals surface area (Å²) in [5.41, 5.74) is 7.34. The summed E-state index contributed by atoms with van der Waals surface area (Å²) in [6.07, 6.45) is 2.21. The standard InChI is InChI=1S/C13H17N3OS/c1-16(8-12(17)15-10-5-6-10)11-4-2-3-9(7-11)13(14)18/h2-4,7,10H,5-6,8H2,1H3,(H2,14,18)(H,15,17). The van der Waals surface area contributed by atoms with Crippen LogP contribution < -0.4 is 16.0 Å². The lowest BCUT2D eigenvalue weighted by Crippen LogP contribution is -2.36. The molecule has 4 nitrogen and oxygen atoms in total. The van der Waals surface area contributed by atoms with E-state index in [1.807, 2.05) is 36.2 Å². The third-order valence-electron chi connectivity index (χ3n) is 2.89. The average molecular weight is 263 g/mol. The average Bonchev–Trinajstić information content (AvgIpc) is 3.12. The van der Waals surface area contributed by atoms with Crippen molar-refractivity contribution in [2.24, 2.45) is 5.73 Å². The molecule has 96 valence electrons. The molecule has 0 heterocycles. The normalized spacial score (nSPS) is 14.1. The number of thiocarbonyl (C=S) groups is 1. The molecule has 0 bridgehead atoms. The smallest absolute Gasteiger partial charge is 0.239 e. The van der Waals surface area contributed by atoms with Crippen molar-refractivity contribution in [1.29, 1.82) is 0 Å². The topological polar surface area (TPSA) is 58.4 Å². The summed E-state index contributed by atoms with van der Waals surface area (Å²) < 4.78 is 0. The Kier molecular flexibility index (Phi) is 3.81. The second kappa shape index (κ2) is 5.35. The first-order valence-electron chi connectivity index (χ1n) is 5.96. The molecule has 0 spiro atoms. The van der Waals surface area contributed by atoms with Crippen LogP contribution >= 0.6 is 12.2 Å². The van der Waals surface area contributed by atoms with Gasteiger partial charge in [-0.25, -0.2) is 0 Å². The zero-order valence-electron chi connectivity index (χ0n) is 10.3. The minimum Gasteiger partial charge on any atom is -0.389 e. The zero-order chi connectivity index (χ0) is 13.1. The van der Waals surface area contributed by atoms with Gasteiger partial charge in [-0.2, -0.15) is 0 Å². The van der Waals surface area contributed by atoms with Crippen LogP contribution in [0.15, 0.2) is 24.3 Å². The summed E-state index contributed by atoms with van der Waals surface area (Å²) in [6.45, 7) is 0.345. The summed E-state index contributed by atoms with van der Waals surface area (Å²) in [5, 5.41) is 2.96. The minimum atomic E-state index is 0.0562. The van der Waals surface area contributed by atoms with Crippen LogP contribution in [0, 0.1) is 0 Å². The predicted molar refractivity (Wildman–Crippen MR) is 76.8 cm³/mol. The zero-order valence-corrected chi connectivity index (χ0v) is 11.2. The second-order valence-corrected chi connectivity index (χ2v) is 5.05. The van der Waals surface area contributed by atoms with E-state index in [2.05, 4.69) is 5.32 Å². The molecule has 18 heavy (non-hydrogen) atoms. The first-order valence-corrected chi connectivity index (χ1v) is 6.37. The molecule has 1 aromatic carbocycles. The fourth-order valence-corrected chi connectivity index (χ4v) is 1.83. The van der Waals surface area contributed by atoms with Crippen LogP contribution in [-0.2, 0) is 4.79 Å². The van der Waals surface area contributed by atoms with Crippen molar-refractivity contribution in [3.05, 3.63) is 29.8 Å². The Balaban J connectivity index is 1.98. The van der Waals surface area contributed by atoms with E-state index in [4.69, 9.17) is 18.0 Å². The number of likely N-dealkylation sites (N-methyl/N-ethyl adjacent to an activating group) is 1. The van der Waals surface area contributed by atoms with Gasteiger partial charge in [0.25, 0.3) is 0 Å². The van der Waals surface area contributed by atoms with Gasteiger partial charge in [0.2, 0.25) is 5.91 Å². The molecular weight excluding hydrogens is 246 g/mol. The molecule has 1 fully saturated rings. The Labute approximate surface area is 112 Å². The molecule has 0 aliphatic heterocycles. The van der Waals surface area contributed by atoms with Crippen LogP contribution in [0.4, 0.5) is 5.69 Å². The fourth-order valence-electron chi connectivity index (χ4n) is 1.70. The van der Waals surface area contributed by atoms with Crippen molar-refractivity contribution in [2.45, 2.75) is 18.9 Å². The van der Waals surface area contributed by atoms with Gasteiger partial charge in [0.1, 0.15) is 4.99 Å². The molecule has 3 N–H and O–H groups in total. The Bertz CT molecular complexity index is 471. The van der Waals surface area contributed by atoms with E-state index < -0.39 is 0 Å².